The fourth-order valence-corrected chi connectivity index (χ4v) is 2.94. The van der Waals surface area contributed by atoms with Crippen LogP contribution < -0.4 is 5.11 Å². The van der Waals surface area contributed by atoms with Gasteiger partial charge in [-0.1, -0.05) is 19.9 Å². The average Bonchev–Trinajstić information content (AvgIpc) is 2.58. The number of nitrogens with zero attached hydrogens (tertiary/aromatic N) is 1. The van der Waals surface area contributed by atoms with Crippen LogP contribution in [0.3, 0.4) is 0 Å². The molecule has 168 valence electrons. The van der Waals surface area contributed by atoms with Gasteiger partial charge < -0.3 is 19.1 Å². The van der Waals surface area contributed by atoms with Crippen LogP contribution >= 0.6 is 7.82 Å². The zero-order valence-corrected chi connectivity index (χ0v) is 19.2. The minimum Gasteiger partial charge on any atom is -0.545 e. The largest absolute Gasteiger partial charge is 0.545 e. The lowest BCUT2D eigenvalue weighted by Crippen LogP contribution is -2.37. The smallest absolute Gasteiger partial charge is 0.475 e. The van der Waals surface area contributed by atoms with Crippen LogP contribution in [0.1, 0.15) is 33.6 Å². The van der Waals surface area contributed by atoms with Crippen molar-refractivity contribution in [1.29, 1.82) is 0 Å². The van der Waals surface area contributed by atoms with Gasteiger partial charge in [0.1, 0.15) is 19.3 Å². The van der Waals surface area contributed by atoms with Crippen molar-refractivity contribution in [2.45, 2.75) is 39.7 Å². The highest BCUT2D eigenvalue weighted by molar-refractivity contribution is 7.48. The van der Waals surface area contributed by atoms with Gasteiger partial charge in [-0.3, -0.25) is 13.6 Å². The van der Waals surface area contributed by atoms with E-state index in [-0.39, 0.29) is 24.4 Å². The quantitative estimate of drug-likeness (QED) is 0.126. The average molecular weight is 435 g/mol. The molecule has 0 saturated carbocycles. The van der Waals surface area contributed by atoms with E-state index in [1.807, 2.05) is 28.1 Å². The van der Waals surface area contributed by atoms with E-state index >= 15 is 0 Å². The van der Waals surface area contributed by atoms with Gasteiger partial charge in [0, 0.05) is 5.57 Å². The second kappa shape index (κ2) is 12.9. The van der Waals surface area contributed by atoms with Gasteiger partial charge >= 0.3 is 13.8 Å². The molecule has 10 heteroatoms. The number of unbranched alkanes of at least 4 members (excludes halogenated alkanes) is 1. The van der Waals surface area contributed by atoms with Crippen LogP contribution in [0.2, 0.25) is 0 Å². The third kappa shape index (κ3) is 13.4. The van der Waals surface area contributed by atoms with Gasteiger partial charge in [-0.2, -0.15) is 0 Å². The van der Waals surface area contributed by atoms with Crippen LogP contribution in [0.25, 0.3) is 0 Å². The molecule has 0 fully saturated rings. The molecule has 0 N–H and O–H groups in total. The van der Waals surface area contributed by atoms with Crippen molar-refractivity contribution in [1.82, 2.24) is 0 Å². The molecule has 0 aromatic rings. The van der Waals surface area contributed by atoms with Crippen molar-refractivity contribution in [3.05, 3.63) is 23.8 Å². The van der Waals surface area contributed by atoms with Gasteiger partial charge in [-0.05, 0) is 31.9 Å². The van der Waals surface area contributed by atoms with Crippen molar-refractivity contribution in [2.75, 3.05) is 47.5 Å². The Balaban J connectivity index is 5.26. The lowest BCUT2D eigenvalue weighted by Gasteiger charge is -2.25. The normalized spacial score (nSPS) is 15.4. The minimum absolute atomic E-state index is 0.121. The molecule has 0 rings (SSSR count). The summed E-state index contributed by atoms with van der Waals surface area (Å²) >= 11 is 0. The predicted octanol–water partition coefficient (Wildman–Crippen LogP) is 1.83. The summed E-state index contributed by atoms with van der Waals surface area (Å²) < 4.78 is 34.8. The summed E-state index contributed by atoms with van der Waals surface area (Å²) in [5, 5.41) is 11.0. The van der Waals surface area contributed by atoms with Gasteiger partial charge in [-0.15, -0.1) is 0 Å². The fraction of sp³-hybridized carbons (Fsp3) is 0.684. The third-order valence-corrected chi connectivity index (χ3v) is 4.98. The molecule has 0 bridgehead atoms. The maximum absolute atomic E-state index is 12.9. The number of quaternary nitrogens is 1. The molecule has 0 aromatic heterocycles. The topological polar surface area (TPSA) is 111 Å². The second-order valence-electron chi connectivity index (χ2n) is 7.64. The van der Waals surface area contributed by atoms with E-state index in [2.05, 4.69) is 6.58 Å². The van der Waals surface area contributed by atoms with Crippen molar-refractivity contribution < 1.29 is 42.1 Å². The number of phosphoric ester groups is 1. The first-order valence-electron chi connectivity index (χ1n) is 9.40. The summed E-state index contributed by atoms with van der Waals surface area (Å²) in [4.78, 5) is 22.8. The molecular formula is C19H34NO8P. The number of hydrogen-bond acceptors (Lipinski definition) is 8. The molecule has 0 radical (unpaired) electrons. The Morgan fingerprint density at radius 2 is 1.72 bits per heavy atom. The third-order valence-electron chi connectivity index (χ3n) is 3.52. The second-order valence-corrected chi connectivity index (χ2v) is 9.31. The number of carboxylic acid groups (broad SMARTS) is 1. The molecule has 0 aliphatic heterocycles. The van der Waals surface area contributed by atoms with E-state index in [0.29, 0.717) is 17.4 Å². The number of likely N-dealkylation sites (N-methyl/N-ethyl adjacent to an activating group) is 1. The molecule has 0 heterocycles. The van der Waals surface area contributed by atoms with Crippen molar-refractivity contribution in [3.8, 4) is 0 Å². The van der Waals surface area contributed by atoms with Gasteiger partial charge in [0.2, 0.25) is 0 Å². The zero-order valence-electron chi connectivity index (χ0n) is 18.3. The molecule has 0 aliphatic carbocycles. The number of carboxylic acids is 1. The van der Waals surface area contributed by atoms with E-state index in [1.165, 1.54) is 13.8 Å². The van der Waals surface area contributed by atoms with Gasteiger partial charge in [0.05, 0.1) is 40.3 Å². The molecule has 0 aliphatic rings. The molecule has 2 unspecified atom stereocenters. The number of aliphatic carboxylic acids is 1. The first-order valence-corrected chi connectivity index (χ1v) is 10.9. The number of phosphoric acid groups is 1. The Morgan fingerprint density at radius 1 is 1.14 bits per heavy atom. The molecule has 0 spiro atoms. The highest BCUT2D eigenvalue weighted by Crippen LogP contribution is 2.49. The van der Waals surface area contributed by atoms with Crippen LogP contribution in [0.5, 0.6) is 0 Å². The highest BCUT2D eigenvalue weighted by Gasteiger charge is 2.29. The maximum Gasteiger partial charge on any atom is 0.475 e. The maximum atomic E-state index is 12.9. The number of hydrogen-bond donors (Lipinski definition) is 0. The van der Waals surface area contributed by atoms with Gasteiger partial charge in [0.15, 0.2) is 0 Å². The lowest BCUT2D eigenvalue weighted by molar-refractivity contribution is -0.870. The summed E-state index contributed by atoms with van der Waals surface area (Å²) in [6.07, 6.45) is 1.48. The molecule has 0 saturated heterocycles. The summed E-state index contributed by atoms with van der Waals surface area (Å²) in [5.41, 5.74) is -0.0446. The summed E-state index contributed by atoms with van der Waals surface area (Å²) in [6, 6.07) is 0. The molecule has 9 nitrogen and oxygen atoms in total. The van der Waals surface area contributed by atoms with Crippen molar-refractivity contribution in [2.24, 2.45) is 0 Å². The summed E-state index contributed by atoms with van der Waals surface area (Å²) in [5.74, 6) is -2.17. The Labute approximate surface area is 173 Å². The van der Waals surface area contributed by atoms with Crippen LogP contribution in [-0.4, -0.2) is 70.0 Å². The minimum atomic E-state index is -3.94. The van der Waals surface area contributed by atoms with Crippen LogP contribution in [0.4, 0.5) is 0 Å². The predicted molar refractivity (Wildman–Crippen MR) is 107 cm³/mol. The number of esters is 1. The summed E-state index contributed by atoms with van der Waals surface area (Å²) in [6.45, 7) is 8.59. The summed E-state index contributed by atoms with van der Waals surface area (Å²) in [7, 11) is 1.92. The van der Waals surface area contributed by atoms with Gasteiger partial charge in [-0.25, -0.2) is 9.36 Å². The monoisotopic (exact) mass is 435 g/mol. The Kier molecular flexibility index (Phi) is 12.3. The number of carbonyl (C=O) groups excluding carboxylic acids is 2. The van der Waals surface area contributed by atoms with E-state index in [9.17, 15) is 19.3 Å². The Morgan fingerprint density at radius 3 is 2.21 bits per heavy atom. The number of ether oxygens (including phenoxy) is 1. The number of rotatable bonds is 15. The fourth-order valence-electron chi connectivity index (χ4n) is 1.72. The Bertz CT molecular complexity index is 639. The van der Waals surface area contributed by atoms with Crippen LogP contribution in [0.15, 0.2) is 23.8 Å². The highest BCUT2D eigenvalue weighted by atomic mass is 31.2. The molecule has 29 heavy (non-hydrogen) atoms. The van der Waals surface area contributed by atoms with E-state index in [1.54, 1.807) is 0 Å². The standard InChI is InChI=1S/C19H34NO8P/c1-8-9-11-25-29(24,26-12-10-20(5,6)7)27-14-17(13-16(4)18(21)22)28-19(23)15(2)3/h13,17H,2,8-12,14H2,1,3-7H3. The Hall–Kier alpha value is -1.51. The zero-order chi connectivity index (χ0) is 22.7. The van der Waals surface area contributed by atoms with Crippen molar-refractivity contribution >= 4 is 19.8 Å². The van der Waals surface area contributed by atoms with Crippen LogP contribution in [0, 0.1) is 0 Å². The van der Waals surface area contributed by atoms with E-state index < -0.39 is 32.5 Å². The molecule has 0 aromatic carbocycles. The molecule has 0 amide bonds. The first kappa shape index (κ1) is 27.5. The number of carbonyl (C=O) groups is 2. The first-order chi connectivity index (χ1) is 13.3. The van der Waals surface area contributed by atoms with E-state index in [0.717, 1.165) is 12.5 Å². The van der Waals surface area contributed by atoms with Crippen molar-refractivity contribution in [3.63, 3.8) is 0 Å². The lowest BCUT2D eigenvalue weighted by atomic mass is 10.2. The molecular weight excluding hydrogens is 401 g/mol. The van der Waals surface area contributed by atoms with Crippen LogP contribution in [-0.2, 0) is 32.5 Å². The van der Waals surface area contributed by atoms with Gasteiger partial charge in [0.25, 0.3) is 0 Å². The molecule has 2 atom stereocenters. The SMILES string of the molecule is C=C(C)C(=O)OC(C=C(C)C(=O)[O-])COP(=O)(OCCCC)OCC[N+](C)(C)C. The van der Waals surface area contributed by atoms with E-state index in [4.69, 9.17) is 18.3 Å².